The molecule has 102 valence electrons. The first-order chi connectivity index (χ1) is 9.10. The van der Waals surface area contributed by atoms with Gasteiger partial charge in [0.2, 0.25) is 0 Å². The fraction of sp³-hybridized carbons (Fsp3) is 0.562. The number of hydrogen-bond acceptors (Lipinski definition) is 2. The molecule has 0 atom stereocenters. The lowest BCUT2D eigenvalue weighted by molar-refractivity contribution is 0.164. The van der Waals surface area contributed by atoms with E-state index in [1.165, 1.54) is 31.7 Å². The minimum absolute atomic E-state index is 0.142. The summed E-state index contributed by atoms with van der Waals surface area (Å²) in [5, 5.41) is 8.85. The second-order valence-corrected chi connectivity index (χ2v) is 5.75. The third-order valence-corrected chi connectivity index (χ3v) is 4.19. The monoisotopic (exact) mass is 260 g/mol. The lowest BCUT2D eigenvalue weighted by Gasteiger charge is -2.33. The summed E-state index contributed by atoms with van der Waals surface area (Å²) >= 11 is 0. The van der Waals surface area contributed by atoms with Crippen molar-refractivity contribution >= 4 is 0 Å². The zero-order chi connectivity index (χ0) is 13.8. The molecular formula is C16H21FN2. The van der Waals surface area contributed by atoms with Crippen LogP contribution in [0.15, 0.2) is 18.2 Å². The van der Waals surface area contributed by atoms with E-state index in [1.54, 1.807) is 12.1 Å². The molecule has 1 aliphatic rings. The first-order valence-corrected chi connectivity index (χ1v) is 6.99. The van der Waals surface area contributed by atoms with Gasteiger partial charge >= 0.3 is 0 Å². The molecule has 0 radical (unpaired) electrons. The molecule has 1 aromatic carbocycles. The van der Waals surface area contributed by atoms with E-state index in [9.17, 15) is 4.39 Å². The lowest BCUT2D eigenvalue weighted by Crippen LogP contribution is -2.34. The van der Waals surface area contributed by atoms with Gasteiger partial charge in [0.1, 0.15) is 11.9 Å². The van der Waals surface area contributed by atoms with Crippen LogP contribution in [-0.4, -0.2) is 18.0 Å². The summed E-state index contributed by atoms with van der Waals surface area (Å²) in [5.41, 5.74) is 1.15. The molecule has 0 unspecified atom stereocenters. The van der Waals surface area contributed by atoms with E-state index in [0.717, 1.165) is 18.0 Å². The Balaban J connectivity index is 1.99. The van der Waals surface area contributed by atoms with Crippen molar-refractivity contribution in [2.75, 3.05) is 7.05 Å². The van der Waals surface area contributed by atoms with Crippen LogP contribution >= 0.6 is 0 Å². The average molecular weight is 260 g/mol. The van der Waals surface area contributed by atoms with Crippen LogP contribution in [0.4, 0.5) is 4.39 Å². The Kier molecular flexibility index (Phi) is 4.55. The highest BCUT2D eigenvalue weighted by atomic mass is 19.1. The fourth-order valence-corrected chi connectivity index (χ4v) is 2.86. The van der Waals surface area contributed by atoms with E-state index in [2.05, 4.69) is 18.9 Å². The minimum Gasteiger partial charge on any atom is -0.299 e. The number of rotatable bonds is 3. The van der Waals surface area contributed by atoms with Crippen LogP contribution in [-0.2, 0) is 6.54 Å². The predicted molar refractivity (Wildman–Crippen MR) is 74.0 cm³/mol. The van der Waals surface area contributed by atoms with Crippen LogP contribution in [0.2, 0.25) is 0 Å². The van der Waals surface area contributed by atoms with Crippen LogP contribution in [0, 0.1) is 23.1 Å². The standard InChI is InChI=1S/C16H21FN2/c1-12-3-6-15(7-4-12)19(2)11-13-5-8-16(17)14(9-13)10-18/h5,8-9,12,15H,3-4,6-7,11H2,1-2H3. The molecule has 1 aliphatic carbocycles. The molecule has 0 heterocycles. The van der Waals surface area contributed by atoms with Crippen molar-refractivity contribution in [2.45, 2.75) is 45.2 Å². The quantitative estimate of drug-likeness (QED) is 0.828. The van der Waals surface area contributed by atoms with Gasteiger partial charge < -0.3 is 0 Å². The molecule has 2 rings (SSSR count). The van der Waals surface area contributed by atoms with Crippen molar-refractivity contribution in [3.63, 3.8) is 0 Å². The zero-order valence-electron chi connectivity index (χ0n) is 11.7. The third kappa shape index (κ3) is 3.54. The van der Waals surface area contributed by atoms with E-state index in [0.29, 0.717) is 6.04 Å². The molecule has 19 heavy (non-hydrogen) atoms. The highest BCUT2D eigenvalue weighted by Gasteiger charge is 2.21. The highest BCUT2D eigenvalue weighted by molar-refractivity contribution is 5.34. The summed E-state index contributed by atoms with van der Waals surface area (Å²) in [7, 11) is 2.12. The number of nitriles is 1. The Bertz CT molecular complexity index is 470. The summed E-state index contributed by atoms with van der Waals surface area (Å²) in [5.74, 6) is 0.418. The molecular weight excluding hydrogens is 239 g/mol. The topological polar surface area (TPSA) is 27.0 Å². The second-order valence-electron chi connectivity index (χ2n) is 5.75. The number of benzene rings is 1. The molecule has 0 aliphatic heterocycles. The van der Waals surface area contributed by atoms with Gasteiger partial charge in [0.25, 0.3) is 0 Å². The van der Waals surface area contributed by atoms with E-state index in [-0.39, 0.29) is 5.56 Å². The van der Waals surface area contributed by atoms with Crippen molar-refractivity contribution in [2.24, 2.45) is 5.92 Å². The molecule has 0 bridgehead atoms. The molecule has 0 N–H and O–H groups in total. The van der Waals surface area contributed by atoms with Crippen LogP contribution in [0.5, 0.6) is 0 Å². The summed E-state index contributed by atoms with van der Waals surface area (Å²) in [6.45, 7) is 3.10. The van der Waals surface area contributed by atoms with E-state index < -0.39 is 5.82 Å². The van der Waals surface area contributed by atoms with Crippen LogP contribution in [0.3, 0.4) is 0 Å². The fourth-order valence-electron chi connectivity index (χ4n) is 2.86. The number of hydrogen-bond donors (Lipinski definition) is 0. The molecule has 1 fully saturated rings. The molecule has 0 amide bonds. The van der Waals surface area contributed by atoms with Crippen molar-refractivity contribution in [1.82, 2.24) is 4.90 Å². The average Bonchev–Trinajstić information content (AvgIpc) is 2.41. The van der Waals surface area contributed by atoms with Crippen LogP contribution in [0.1, 0.15) is 43.7 Å². The SMILES string of the molecule is CC1CCC(N(C)Cc2ccc(F)c(C#N)c2)CC1. The largest absolute Gasteiger partial charge is 0.299 e. The molecule has 0 spiro atoms. The van der Waals surface area contributed by atoms with E-state index in [4.69, 9.17) is 5.26 Å². The van der Waals surface area contributed by atoms with Gasteiger partial charge in [0, 0.05) is 12.6 Å². The first-order valence-electron chi connectivity index (χ1n) is 6.99. The van der Waals surface area contributed by atoms with Crippen molar-refractivity contribution < 1.29 is 4.39 Å². The molecule has 3 heteroatoms. The normalized spacial score (nSPS) is 23.3. The highest BCUT2D eigenvalue weighted by Crippen LogP contribution is 2.27. The predicted octanol–water partition coefficient (Wildman–Crippen LogP) is 3.71. The van der Waals surface area contributed by atoms with Crippen LogP contribution < -0.4 is 0 Å². The smallest absolute Gasteiger partial charge is 0.140 e. The van der Waals surface area contributed by atoms with Crippen LogP contribution in [0.25, 0.3) is 0 Å². The maximum Gasteiger partial charge on any atom is 0.140 e. The Morgan fingerprint density at radius 3 is 2.63 bits per heavy atom. The van der Waals surface area contributed by atoms with Gasteiger partial charge in [-0.3, -0.25) is 4.90 Å². The Hall–Kier alpha value is -1.40. The summed E-state index contributed by atoms with van der Waals surface area (Å²) in [6, 6.07) is 7.35. The molecule has 2 nitrogen and oxygen atoms in total. The zero-order valence-corrected chi connectivity index (χ0v) is 11.7. The lowest BCUT2D eigenvalue weighted by atomic mass is 9.86. The first kappa shape index (κ1) is 14.0. The van der Waals surface area contributed by atoms with Gasteiger partial charge in [-0.05, 0) is 56.3 Å². The van der Waals surface area contributed by atoms with Gasteiger partial charge in [0.05, 0.1) is 5.56 Å². The summed E-state index contributed by atoms with van der Waals surface area (Å²) in [4.78, 5) is 2.33. The summed E-state index contributed by atoms with van der Waals surface area (Å²) < 4.78 is 13.3. The number of nitrogens with zero attached hydrogens (tertiary/aromatic N) is 2. The van der Waals surface area contributed by atoms with Crippen molar-refractivity contribution in [1.29, 1.82) is 5.26 Å². The van der Waals surface area contributed by atoms with Crippen molar-refractivity contribution in [3.8, 4) is 6.07 Å². The van der Waals surface area contributed by atoms with Crippen molar-refractivity contribution in [3.05, 3.63) is 35.1 Å². The maximum absolute atomic E-state index is 13.3. The Morgan fingerprint density at radius 1 is 1.32 bits per heavy atom. The molecule has 0 saturated heterocycles. The maximum atomic E-state index is 13.3. The van der Waals surface area contributed by atoms with Gasteiger partial charge in [-0.15, -0.1) is 0 Å². The minimum atomic E-state index is -0.430. The van der Waals surface area contributed by atoms with Gasteiger partial charge in [-0.2, -0.15) is 5.26 Å². The van der Waals surface area contributed by atoms with E-state index >= 15 is 0 Å². The molecule has 1 saturated carbocycles. The van der Waals surface area contributed by atoms with E-state index in [1.807, 2.05) is 6.07 Å². The number of halogens is 1. The van der Waals surface area contributed by atoms with Gasteiger partial charge in [-0.25, -0.2) is 4.39 Å². The Labute approximate surface area is 114 Å². The second kappa shape index (κ2) is 6.16. The third-order valence-electron chi connectivity index (χ3n) is 4.19. The van der Waals surface area contributed by atoms with Gasteiger partial charge in [0.15, 0.2) is 0 Å². The summed E-state index contributed by atoms with van der Waals surface area (Å²) in [6.07, 6.45) is 5.07. The van der Waals surface area contributed by atoms with Gasteiger partial charge in [-0.1, -0.05) is 13.0 Å². The molecule has 1 aromatic rings. The molecule has 0 aromatic heterocycles. The Morgan fingerprint density at radius 2 is 2.00 bits per heavy atom.